The summed E-state index contributed by atoms with van der Waals surface area (Å²) in [5, 5.41) is 12.9. The third kappa shape index (κ3) is 3.08. The van der Waals surface area contributed by atoms with E-state index < -0.39 is 0 Å². The van der Waals surface area contributed by atoms with Crippen molar-refractivity contribution in [2.24, 2.45) is 0 Å². The van der Waals surface area contributed by atoms with Crippen LogP contribution in [-0.2, 0) is 6.54 Å². The number of benzene rings is 1. The number of rotatable bonds is 4. The molecule has 1 aromatic heterocycles. The van der Waals surface area contributed by atoms with Gasteiger partial charge in [0.2, 0.25) is 0 Å². The zero-order valence-electron chi connectivity index (χ0n) is 10.4. The third-order valence-electron chi connectivity index (χ3n) is 2.53. The normalized spacial score (nSPS) is 10.3. The van der Waals surface area contributed by atoms with Gasteiger partial charge in [-0.05, 0) is 23.4 Å². The summed E-state index contributed by atoms with van der Waals surface area (Å²) >= 11 is 3.39. The second-order valence-electron chi connectivity index (χ2n) is 3.85. The number of H-pyrrole nitrogens is 1. The van der Waals surface area contributed by atoms with E-state index in [4.69, 9.17) is 4.74 Å². The first-order valence-electron chi connectivity index (χ1n) is 5.43. The third-order valence-corrected chi connectivity index (χ3v) is 3.03. The quantitative estimate of drug-likeness (QED) is 0.914. The lowest BCUT2D eigenvalue weighted by Gasteiger charge is -2.17. The van der Waals surface area contributed by atoms with Crippen molar-refractivity contribution in [3.05, 3.63) is 34.1 Å². The molecule has 100 valence electrons. The minimum absolute atomic E-state index is 0.0384. The SMILES string of the molecule is COc1ccc(Br)cc1CN(C)C(=O)c1nn[nH]n1. The van der Waals surface area contributed by atoms with Gasteiger partial charge in [-0.3, -0.25) is 4.79 Å². The molecule has 0 spiro atoms. The van der Waals surface area contributed by atoms with Crippen LogP contribution in [0.5, 0.6) is 5.75 Å². The molecule has 0 fully saturated rings. The maximum atomic E-state index is 12.0. The molecule has 0 saturated heterocycles. The first-order valence-corrected chi connectivity index (χ1v) is 6.22. The highest BCUT2D eigenvalue weighted by atomic mass is 79.9. The molecule has 19 heavy (non-hydrogen) atoms. The summed E-state index contributed by atoms with van der Waals surface area (Å²) in [6.45, 7) is 0.385. The Kier molecular flexibility index (Phi) is 4.10. The van der Waals surface area contributed by atoms with E-state index in [0.29, 0.717) is 6.54 Å². The number of ether oxygens (including phenoxy) is 1. The lowest BCUT2D eigenvalue weighted by molar-refractivity contribution is 0.0772. The first kappa shape index (κ1) is 13.5. The molecule has 0 unspecified atom stereocenters. The molecule has 0 bridgehead atoms. The Bertz CT molecular complexity index is 572. The fourth-order valence-electron chi connectivity index (χ4n) is 1.62. The van der Waals surface area contributed by atoms with Crippen LogP contribution in [-0.4, -0.2) is 45.6 Å². The van der Waals surface area contributed by atoms with Crippen LogP contribution in [0, 0.1) is 0 Å². The molecular weight excluding hydrogens is 314 g/mol. The van der Waals surface area contributed by atoms with Crippen molar-refractivity contribution in [1.82, 2.24) is 25.5 Å². The topological polar surface area (TPSA) is 84.0 Å². The van der Waals surface area contributed by atoms with Gasteiger partial charge in [0, 0.05) is 23.6 Å². The number of hydrogen-bond acceptors (Lipinski definition) is 5. The van der Waals surface area contributed by atoms with Gasteiger partial charge in [-0.25, -0.2) is 0 Å². The van der Waals surface area contributed by atoms with E-state index in [1.807, 2.05) is 18.2 Å². The molecule has 1 N–H and O–H groups in total. The summed E-state index contributed by atoms with van der Waals surface area (Å²) < 4.78 is 6.18. The number of aromatic nitrogens is 4. The van der Waals surface area contributed by atoms with E-state index in [1.54, 1.807) is 14.2 Å². The molecule has 0 aliphatic carbocycles. The van der Waals surface area contributed by atoms with Crippen LogP contribution < -0.4 is 4.74 Å². The highest BCUT2D eigenvalue weighted by Gasteiger charge is 2.17. The number of nitrogens with zero attached hydrogens (tertiary/aromatic N) is 4. The van der Waals surface area contributed by atoms with Gasteiger partial charge in [0.1, 0.15) is 5.75 Å². The van der Waals surface area contributed by atoms with E-state index in [0.717, 1.165) is 15.8 Å². The van der Waals surface area contributed by atoms with Crippen LogP contribution in [0.1, 0.15) is 16.2 Å². The molecule has 0 aliphatic heterocycles. The van der Waals surface area contributed by atoms with Crippen LogP contribution >= 0.6 is 15.9 Å². The van der Waals surface area contributed by atoms with E-state index in [9.17, 15) is 4.79 Å². The van der Waals surface area contributed by atoms with Crippen molar-refractivity contribution < 1.29 is 9.53 Å². The van der Waals surface area contributed by atoms with Crippen LogP contribution in [0.4, 0.5) is 0 Å². The van der Waals surface area contributed by atoms with Crippen LogP contribution in [0.15, 0.2) is 22.7 Å². The summed E-state index contributed by atoms with van der Waals surface area (Å²) in [6, 6.07) is 5.62. The molecule has 0 saturated carbocycles. The largest absolute Gasteiger partial charge is 0.496 e. The Labute approximate surface area is 118 Å². The van der Waals surface area contributed by atoms with Gasteiger partial charge in [-0.15, -0.1) is 10.2 Å². The zero-order valence-corrected chi connectivity index (χ0v) is 12.0. The number of carbonyl (C=O) groups excluding carboxylic acids is 1. The molecule has 7 nitrogen and oxygen atoms in total. The summed E-state index contributed by atoms with van der Waals surface area (Å²) in [7, 11) is 3.26. The number of methoxy groups -OCH3 is 1. The highest BCUT2D eigenvalue weighted by Crippen LogP contribution is 2.24. The Morgan fingerprint density at radius 3 is 2.95 bits per heavy atom. The van der Waals surface area contributed by atoms with Crippen molar-refractivity contribution in [2.75, 3.05) is 14.2 Å². The van der Waals surface area contributed by atoms with Gasteiger partial charge < -0.3 is 9.64 Å². The smallest absolute Gasteiger partial charge is 0.295 e. The average molecular weight is 326 g/mol. The number of nitrogens with one attached hydrogen (secondary N) is 1. The van der Waals surface area contributed by atoms with Crippen molar-refractivity contribution >= 4 is 21.8 Å². The van der Waals surface area contributed by atoms with E-state index >= 15 is 0 Å². The van der Waals surface area contributed by atoms with Crippen LogP contribution in [0.3, 0.4) is 0 Å². The minimum Gasteiger partial charge on any atom is -0.496 e. The van der Waals surface area contributed by atoms with Crippen LogP contribution in [0.25, 0.3) is 0 Å². The number of tetrazole rings is 1. The van der Waals surface area contributed by atoms with E-state index in [1.165, 1.54) is 4.90 Å². The minimum atomic E-state index is -0.309. The predicted octanol–water partition coefficient (Wildman–Crippen LogP) is 1.24. The van der Waals surface area contributed by atoms with Crippen molar-refractivity contribution in [3.63, 3.8) is 0 Å². The maximum absolute atomic E-state index is 12.0. The zero-order chi connectivity index (χ0) is 13.8. The highest BCUT2D eigenvalue weighted by molar-refractivity contribution is 9.10. The van der Waals surface area contributed by atoms with Gasteiger partial charge in [-0.2, -0.15) is 5.21 Å². The average Bonchev–Trinajstić information content (AvgIpc) is 2.92. The maximum Gasteiger partial charge on any atom is 0.295 e. The lowest BCUT2D eigenvalue weighted by atomic mass is 10.2. The molecular formula is C11H12BrN5O2. The summed E-state index contributed by atoms with van der Waals surface area (Å²) in [5.74, 6) is 0.447. The predicted molar refractivity (Wildman–Crippen MR) is 70.7 cm³/mol. The Morgan fingerprint density at radius 1 is 1.53 bits per heavy atom. The fourth-order valence-corrected chi connectivity index (χ4v) is 2.03. The summed E-state index contributed by atoms with van der Waals surface area (Å²) in [5.41, 5.74) is 0.885. The van der Waals surface area contributed by atoms with Crippen LogP contribution in [0.2, 0.25) is 0 Å². The lowest BCUT2D eigenvalue weighted by Crippen LogP contribution is -2.27. The van der Waals surface area contributed by atoms with Gasteiger partial charge in [0.15, 0.2) is 0 Å². The molecule has 0 aliphatic rings. The fraction of sp³-hybridized carbons (Fsp3) is 0.273. The molecule has 2 rings (SSSR count). The summed E-state index contributed by atoms with van der Waals surface area (Å²) in [4.78, 5) is 13.5. The Balaban J connectivity index is 2.17. The standard InChI is InChI=1S/C11H12BrN5O2/c1-17(11(18)10-13-15-16-14-10)6-7-5-8(12)3-4-9(7)19-2/h3-5H,6H2,1-2H3,(H,13,14,15,16). The Hall–Kier alpha value is -1.96. The second-order valence-corrected chi connectivity index (χ2v) is 4.77. The number of carbonyl (C=O) groups is 1. The number of aromatic amines is 1. The second kappa shape index (κ2) is 5.79. The van der Waals surface area contributed by atoms with Gasteiger partial charge in [0.05, 0.1) is 7.11 Å². The van der Waals surface area contributed by atoms with Crippen molar-refractivity contribution in [3.8, 4) is 5.75 Å². The van der Waals surface area contributed by atoms with E-state index in [-0.39, 0.29) is 11.7 Å². The first-order chi connectivity index (χ1) is 9.11. The molecule has 1 amide bonds. The number of hydrogen-bond donors (Lipinski definition) is 1. The molecule has 8 heteroatoms. The number of halogens is 1. The molecule has 2 aromatic rings. The van der Waals surface area contributed by atoms with Crippen molar-refractivity contribution in [1.29, 1.82) is 0 Å². The molecule has 0 radical (unpaired) electrons. The van der Waals surface area contributed by atoms with Gasteiger partial charge in [0.25, 0.3) is 11.7 Å². The number of amides is 1. The molecule has 0 atom stereocenters. The summed E-state index contributed by atoms with van der Waals surface area (Å²) in [6.07, 6.45) is 0. The van der Waals surface area contributed by atoms with E-state index in [2.05, 4.69) is 36.6 Å². The Morgan fingerprint density at radius 2 is 2.32 bits per heavy atom. The molecule has 1 aromatic carbocycles. The monoisotopic (exact) mass is 325 g/mol. The van der Waals surface area contributed by atoms with Crippen molar-refractivity contribution in [2.45, 2.75) is 6.54 Å². The van der Waals surface area contributed by atoms with Gasteiger partial charge >= 0.3 is 0 Å². The van der Waals surface area contributed by atoms with Gasteiger partial charge in [-0.1, -0.05) is 15.9 Å². The molecule has 1 heterocycles.